The molecular weight excluding hydrogens is 415 g/mol. The summed E-state index contributed by atoms with van der Waals surface area (Å²) in [6.45, 7) is 0.156. The van der Waals surface area contributed by atoms with E-state index in [1.54, 1.807) is 4.90 Å². The Morgan fingerprint density at radius 2 is 1.65 bits per heavy atom. The Morgan fingerprint density at radius 3 is 2.29 bits per heavy atom. The summed E-state index contributed by atoms with van der Waals surface area (Å²) in [4.78, 5) is 38.9. The minimum absolute atomic E-state index is 0.120. The number of nitrogens with zero attached hydrogens (tertiary/aromatic N) is 4. The zero-order valence-corrected chi connectivity index (χ0v) is 16.0. The lowest BCUT2D eigenvalue weighted by atomic mass is 10.2. The predicted octanol–water partition coefficient (Wildman–Crippen LogP) is 2.21. The standard InChI is InChI=1S/C20H16F3N5O3/c21-20(22,23)13-6-8-14(9-7-13)24-16(29)12-28-18(31)17(30)27-11-10-26(19(27)25-28)15-4-2-1-3-5-15/h1-9H,10-12H2,(H,24,29). The van der Waals surface area contributed by atoms with Gasteiger partial charge in [-0.05, 0) is 36.4 Å². The number of rotatable bonds is 4. The highest BCUT2D eigenvalue weighted by atomic mass is 19.4. The van der Waals surface area contributed by atoms with Crippen LogP contribution in [0.2, 0.25) is 0 Å². The highest BCUT2D eigenvalue weighted by Gasteiger charge is 2.30. The number of aromatic nitrogens is 3. The molecule has 1 aliphatic heterocycles. The van der Waals surface area contributed by atoms with Crippen molar-refractivity contribution in [1.82, 2.24) is 14.3 Å². The summed E-state index contributed by atoms with van der Waals surface area (Å²) < 4.78 is 39.9. The Labute approximate surface area is 173 Å². The Morgan fingerprint density at radius 1 is 0.968 bits per heavy atom. The summed E-state index contributed by atoms with van der Waals surface area (Å²) in [5.41, 5.74) is -1.71. The summed E-state index contributed by atoms with van der Waals surface area (Å²) in [6, 6.07) is 13.0. The number of anilines is 3. The van der Waals surface area contributed by atoms with Gasteiger partial charge in [-0.3, -0.25) is 19.0 Å². The van der Waals surface area contributed by atoms with Crippen LogP contribution in [0.1, 0.15) is 5.56 Å². The molecule has 2 heterocycles. The summed E-state index contributed by atoms with van der Waals surface area (Å²) in [7, 11) is 0. The second-order valence-corrected chi connectivity index (χ2v) is 6.83. The van der Waals surface area contributed by atoms with Crippen LogP contribution < -0.4 is 21.3 Å². The van der Waals surface area contributed by atoms with Gasteiger partial charge in [-0.25, -0.2) is 4.68 Å². The third-order valence-corrected chi connectivity index (χ3v) is 4.76. The first-order chi connectivity index (χ1) is 14.7. The smallest absolute Gasteiger partial charge is 0.324 e. The van der Waals surface area contributed by atoms with E-state index in [1.807, 2.05) is 30.3 Å². The van der Waals surface area contributed by atoms with Gasteiger partial charge in [0, 0.05) is 24.5 Å². The van der Waals surface area contributed by atoms with Gasteiger partial charge < -0.3 is 10.2 Å². The zero-order chi connectivity index (χ0) is 22.2. The number of benzene rings is 2. The molecule has 1 aromatic heterocycles. The Bertz CT molecular complexity index is 1230. The van der Waals surface area contributed by atoms with Crippen LogP contribution in [-0.4, -0.2) is 26.8 Å². The predicted molar refractivity (Wildman–Crippen MR) is 106 cm³/mol. The molecule has 8 nitrogen and oxygen atoms in total. The number of halogens is 3. The average molecular weight is 431 g/mol. The van der Waals surface area contributed by atoms with Gasteiger partial charge in [0.1, 0.15) is 6.54 Å². The third-order valence-electron chi connectivity index (χ3n) is 4.76. The van der Waals surface area contributed by atoms with E-state index in [4.69, 9.17) is 0 Å². The molecule has 31 heavy (non-hydrogen) atoms. The number of alkyl halides is 3. The van der Waals surface area contributed by atoms with Crippen molar-refractivity contribution in [2.45, 2.75) is 19.3 Å². The number of hydrogen-bond donors (Lipinski definition) is 1. The molecule has 1 aliphatic rings. The SMILES string of the molecule is O=C(Cn1nc2n(c(=O)c1=O)CCN2c1ccccc1)Nc1ccc(C(F)(F)F)cc1. The molecule has 11 heteroatoms. The number of amides is 1. The first-order valence-electron chi connectivity index (χ1n) is 9.26. The maximum atomic E-state index is 12.6. The lowest BCUT2D eigenvalue weighted by Gasteiger charge is -2.17. The number of carbonyl (C=O) groups is 1. The Hall–Kier alpha value is -3.89. The first-order valence-corrected chi connectivity index (χ1v) is 9.26. The van der Waals surface area contributed by atoms with Crippen LogP contribution in [0.3, 0.4) is 0 Å². The van der Waals surface area contributed by atoms with Gasteiger partial charge >= 0.3 is 17.3 Å². The monoisotopic (exact) mass is 431 g/mol. The van der Waals surface area contributed by atoms with E-state index in [0.717, 1.165) is 34.6 Å². The molecule has 0 radical (unpaired) electrons. The van der Waals surface area contributed by atoms with Crippen molar-refractivity contribution in [1.29, 1.82) is 0 Å². The lowest BCUT2D eigenvalue weighted by Crippen LogP contribution is -2.44. The molecule has 0 atom stereocenters. The van der Waals surface area contributed by atoms with Crippen molar-refractivity contribution < 1.29 is 18.0 Å². The van der Waals surface area contributed by atoms with E-state index >= 15 is 0 Å². The van der Waals surface area contributed by atoms with Crippen molar-refractivity contribution in [3.05, 3.63) is 80.9 Å². The number of fused-ring (bicyclic) bond motifs is 1. The van der Waals surface area contributed by atoms with Crippen molar-refractivity contribution in [3.8, 4) is 0 Å². The number of nitrogens with one attached hydrogen (secondary N) is 1. The van der Waals surface area contributed by atoms with Crippen LogP contribution in [0.4, 0.5) is 30.5 Å². The molecule has 0 unspecified atom stereocenters. The van der Waals surface area contributed by atoms with E-state index < -0.39 is 35.3 Å². The molecule has 0 bridgehead atoms. The lowest BCUT2D eigenvalue weighted by molar-refractivity contribution is -0.137. The van der Waals surface area contributed by atoms with Crippen LogP contribution in [-0.2, 0) is 24.1 Å². The molecule has 2 aromatic carbocycles. The maximum absolute atomic E-state index is 12.6. The van der Waals surface area contributed by atoms with Crippen LogP contribution in [0.25, 0.3) is 0 Å². The fourth-order valence-corrected chi connectivity index (χ4v) is 3.26. The number of para-hydroxylation sites is 1. The molecule has 0 saturated heterocycles. The van der Waals surface area contributed by atoms with Gasteiger partial charge in [0.2, 0.25) is 11.9 Å². The maximum Gasteiger partial charge on any atom is 0.416 e. The van der Waals surface area contributed by atoms with Crippen molar-refractivity contribution in [2.24, 2.45) is 0 Å². The van der Waals surface area contributed by atoms with Gasteiger partial charge in [0.15, 0.2) is 0 Å². The largest absolute Gasteiger partial charge is 0.416 e. The highest BCUT2D eigenvalue weighted by molar-refractivity contribution is 5.90. The van der Waals surface area contributed by atoms with Crippen LogP contribution in [0, 0.1) is 0 Å². The molecule has 1 N–H and O–H groups in total. The van der Waals surface area contributed by atoms with E-state index in [2.05, 4.69) is 10.4 Å². The van der Waals surface area contributed by atoms with Crippen LogP contribution in [0.15, 0.2) is 64.2 Å². The summed E-state index contributed by atoms with van der Waals surface area (Å²) in [5, 5.41) is 6.58. The molecule has 160 valence electrons. The van der Waals surface area contributed by atoms with Crippen LogP contribution >= 0.6 is 0 Å². The zero-order valence-electron chi connectivity index (χ0n) is 16.0. The number of hydrogen-bond acceptors (Lipinski definition) is 5. The minimum atomic E-state index is -4.49. The van der Waals surface area contributed by atoms with E-state index in [1.165, 1.54) is 4.57 Å². The van der Waals surface area contributed by atoms with E-state index in [9.17, 15) is 27.6 Å². The van der Waals surface area contributed by atoms with E-state index in [0.29, 0.717) is 6.54 Å². The third kappa shape index (κ3) is 4.06. The van der Waals surface area contributed by atoms with Gasteiger partial charge in [-0.1, -0.05) is 18.2 Å². The molecule has 3 aromatic rings. The van der Waals surface area contributed by atoms with Crippen LogP contribution in [0.5, 0.6) is 0 Å². The molecular formula is C20H16F3N5O3. The molecule has 4 rings (SSSR count). The summed E-state index contributed by atoms with van der Waals surface area (Å²) in [5.74, 6) is -0.471. The van der Waals surface area contributed by atoms with Crippen molar-refractivity contribution >= 4 is 23.2 Å². The molecule has 1 amide bonds. The molecule has 0 spiro atoms. The average Bonchev–Trinajstić information content (AvgIpc) is 3.16. The van der Waals surface area contributed by atoms with Gasteiger partial charge in [-0.15, -0.1) is 5.10 Å². The Kier molecular flexibility index (Phi) is 5.09. The normalized spacial score (nSPS) is 13.2. The van der Waals surface area contributed by atoms with Gasteiger partial charge in [0.05, 0.1) is 5.56 Å². The van der Waals surface area contributed by atoms with Gasteiger partial charge in [-0.2, -0.15) is 13.2 Å². The second kappa shape index (κ2) is 7.74. The fourth-order valence-electron chi connectivity index (χ4n) is 3.26. The molecule has 0 fully saturated rings. The van der Waals surface area contributed by atoms with Crippen molar-refractivity contribution in [3.63, 3.8) is 0 Å². The molecule has 0 saturated carbocycles. The fraction of sp³-hybridized carbons (Fsp3) is 0.200. The second-order valence-electron chi connectivity index (χ2n) is 6.83. The minimum Gasteiger partial charge on any atom is -0.324 e. The quantitative estimate of drug-likeness (QED) is 0.640. The topological polar surface area (TPSA) is 89.2 Å². The summed E-state index contributed by atoms with van der Waals surface area (Å²) >= 11 is 0. The van der Waals surface area contributed by atoms with E-state index in [-0.39, 0.29) is 18.2 Å². The number of carbonyl (C=O) groups excluding carboxylic acids is 1. The van der Waals surface area contributed by atoms with Crippen molar-refractivity contribution in [2.75, 3.05) is 16.8 Å². The first kappa shape index (κ1) is 20.4. The molecule has 0 aliphatic carbocycles. The highest BCUT2D eigenvalue weighted by Crippen LogP contribution is 2.30. The summed E-state index contributed by atoms with van der Waals surface area (Å²) in [6.07, 6.45) is -4.49. The van der Waals surface area contributed by atoms with Gasteiger partial charge in [0.25, 0.3) is 0 Å². The Balaban J connectivity index is 1.57.